The molecule has 3 rings (SSSR count). The van der Waals surface area contributed by atoms with Crippen molar-refractivity contribution in [1.29, 1.82) is 0 Å². The molecule has 1 amide bonds. The van der Waals surface area contributed by atoms with E-state index < -0.39 is 17.7 Å². The Balaban J connectivity index is 1.94. The fourth-order valence-corrected chi connectivity index (χ4v) is 2.93. The van der Waals surface area contributed by atoms with E-state index in [4.69, 9.17) is 12.2 Å². The SMILES string of the molecule is CC1=C(C(=O)Nc2ccc(F)cc2)[C@H](c2cccc(F)c2)NC(=S)N1. The molecule has 25 heavy (non-hydrogen) atoms. The average Bonchev–Trinajstić information content (AvgIpc) is 2.56. The standard InChI is InChI=1S/C18H15F2N3OS/c1-10-15(17(24)22-14-7-5-12(19)6-8-14)16(23-18(25)21-10)11-3-2-4-13(20)9-11/h2-9,16H,1H3,(H,22,24)(H2,21,23,25)/t16-/m0/s1. The maximum atomic E-state index is 13.6. The van der Waals surface area contributed by atoms with Crippen molar-refractivity contribution in [2.75, 3.05) is 5.32 Å². The molecular formula is C18H15F2N3OS. The van der Waals surface area contributed by atoms with Crippen molar-refractivity contribution >= 4 is 28.9 Å². The van der Waals surface area contributed by atoms with Crippen LogP contribution in [0.2, 0.25) is 0 Å². The third kappa shape index (κ3) is 3.83. The highest BCUT2D eigenvalue weighted by Gasteiger charge is 2.30. The molecule has 3 N–H and O–H groups in total. The molecule has 2 aromatic rings. The van der Waals surface area contributed by atoms with Gasteiger partial charge in [0, 0.05) is 11.4 Å². The molecule has 0 aliphatic carbocycles. The summed E-state index contributed by atoms with van der Waals surface area (Å²) < 4.78 is 26.6. The van der Waals surface area contributed by atoms with Crippen LogP contribution in [0.5, 0.6) is 0 Å². The highest BCUT2D eigenvalue weighted by Crippen LogP contribution is 2.28. The van der Waals surface area contributed by atoms with Crippen LogP contribution < -0.4 is 16.0 Å². The number of amides is 1. The number of carbonyl (C=O) groups excluding carboxylic acids is 1. The Morgan fingerprint density at radius 3 is 2.52 bits per heavy atom. The Bertz CT molecular complexity index is 865. The van der Waals surface area contributed by atoms with Gasteiger partial charge in [0.25, 0.3) is 5.91 Å². The minimum absolute atomic E-state index is 0.352. The van der Waals surface area contributed by atoms with Gasteiger partial charge in [0.15, 0.2) is 5.11 Å². The quantitative estimate of drug-likeness (QED) is 0.736. The Kier molecular flexibility index (Phi) is 4.76. The van der Waals surface area contributed by atoms with Gasteiger partial charge in [-0.2, -0.15) is 0 Å². The van der Waals surface area contributed by atoms with Gasteiger partial charge in [-0.05, 0) is 61.1 Å². The molecule has 1 heterocycles. The zero-order chi connectivity index (χ0) is 18.0. The van der Waals surface area contributed by atoms with Gasteiger partial charge in [0.1, 0.15) is 11.6 Å². The monoisotopic (exact) mass is 359 g/mol. The second-order valence-corrected chi connectivity index (χ2v) is 5.99. The number of hydrogen-bond acceptors (Lipinski definition) is 2. The number of anilines is 1. The van der Waals surface area contributed by atoms with Crippen LogP contribution in [0.3, 0.4) is 0 Å². The summed E-state index contributed by atoms with van der Waals surface area (Å²) in [5.41, 5.74) is 1.98. The van der Waals surface area contributed by atoms with Gasteiger partial charge in [-0.3, -0.25) is 4.79 Å². The third-order valence-electron chi connectivity index (χ3n) is 3.80. The normalized spacial score (nSPS) is 16.9. The Morgan fingerprint density at radius 1 is 1.12 bits per heavy atom. The van der Waals surface area contributed by atoms with E-state index in [2.05, 4.69) is 16.0 Å². The van der Waals surface area contributed by atoms with Crippen LogP contribution in [0.25, 0.3) is 0 Å². The van der Waals surface area contributed by atoms with Gasteiger partial charge < -0.3 is 16.0 Å². The molecule has 4 nitrogen and oxygen atoms in total. The lowest BCUT2D eigenvalue weighted by molar-refractivity contribution is -0.113. The first-order chi connectivity index (χ1) is 11.9. The van der Waals surface area contributed by atoms with Crippen LogP contribution in [0, 0.1) is 11.6 Å². The molecule has 128 valence electrons. The second-order valence-electron chi connectivity index (χ2n) is 5.59. The molecule has 2 aromatic carbocycles. The van der Waals surface area contributed by atoms with E-state index in [0.29, 0.717) is 27.6 Å². The predicted molar refractivity (Wildman–Crippen MR) is 95.7 cm³/mol. The first kappa shape index (κ1) is 17.0. The summed E-state index contributed by atoms with van der Waals surface area (Å²) in [6, 6.07) is 10.8. The molecule has 0 unspecified atom stereocenters. The number of thiocarbonyl (C=S) groups is 1. The van der Waals surface area contributed by atoms with E-state index in [1.54, 1.807) is 19.1 Å². The molecule has 7 heteroatoms. The number of allylic oxidation sites excluding steroid dienone is 1. The molecule has 0 aromatic heterocycles. The van der Waals surface area contributed by atoms with E-state index in [-0.39, 0.29) is 5.91 Å². The van der Waals surface area contributed by atoms with Gasteiger partial charge >= 0.3 is 0 Å². The van der Waals surface area contributed by atoms with E-state index in [1.165, 1.54) is 36.4 Å². The second kappa shape index (κ2) is 6.98. The van der Waals surface area contributed by atoms with Crippen LogP contribution in [0.1, 0.15) is 18.5 Å². The fourth-order valence-electron chi connectivity index (χ4n) is 2.66. The highest BCUT2D eigenvalue weighted by molar-refractivity contribution is 7.80. The average molecular weight is 359 g/mol. The van der Waals surface area contributed by atoms with Crippen molar-refractivity contribution in [2.45, 2.75) is 13.0 Å². The predicted octanol–water partition coefficient (Wildman–Crippen LogP) is 3.40. The molecule has 1 atom stereocenters. The zero-order valence-electron chi connectivity index (χ0n) is 13.3. The van der Waals surface area contributed by atoms with Crippen molar-refractivity contribution in [1.82, 2.24) is 10.6 Å². The van der Waals surface area contributed by atoms with Crippen LogP contribution in [-0.4, -0.2) is 11.0 Å². The minimum atomic E-state index is -0.593. The van der Waals surface area contributed by atoms with Gasteiger partial charge in [0.05, 0.1) is 11.6 Å². The summed E-state index contributed by atoms with van der Waals surface area (Å²) in [5, 5.41) is 8.97. The molecular weight excluding hydrogens is 344 g/mol. The first-order valence-corrected chi connectivity index (χ1v) is 7.95. The zero-order valence-corrected chi connectivity index (χ0v) is 14.1. The Morgan fingerprint density at radius 2 is 1.84 bits per heavy atom. The van der Waals surface area contributed by atoms with Crippen LogP contribution in [-0.2, 0) is 4.79 Å². The number of carbonyl (C=O) groups is 1. The van der Waals surface area contributed by atoms with Gasteiger partial charge in [-0.15, -0.1) is 0 Å². The van der Waals surface area contributed by atoms with Crippen LogP contribution in [0.4, 0.5) is 14.5 Å². The third-order valence-corrected chi connectivity index (χ3v) is 4.02. The van der Waals surface area contributed by atoms with Gasteiger partial charge in [-0.1, -0.05) is 12.1 Å². The Labute approximate surface area is 148 Å². The molecule has 0 fully saturated rings. The molecule has 0 saturated heterocycles. The number of nitrogens with one attached hydrogen (secondary N) is 3. The molecule has 0 bridgehead atoms. The van der Waals surface area contributed by atoms with Gasteiger partial charge in [-0.25, -0.2) is 8.78 Å². The van der Waals surface area contributed by atoms with Gasteiger partial charge in [0.2, 0.25) is 0 Å². The molecule has 1 aliphatic heterocycles. The van der Waals surface area contributed by atoms with Crippen molar-refractivity contribution < 1.29 is 13.6 Å². The summed E-state index contributed by atoms with van der Waals surface area (Å²) in [5.74, 6) is -1.18. The summed E-state index contributed by atoms with van der Waals surface area (Å²) in [4.78, 5) is 12.8. The summed E-state index contributed by atoms with van der Waals surface area (Å²) in [6.45, 7) is 1.72. The van der Waals surface area contributed by atoms with Crippen molar-refractivity contribution in [2.24, 2.45) is 0 Å². The number of benzene rings is 2. The van der Waals surface area contributed by atoms with E-state index in [1.807, 2.05) is 0 Å². The van der Waals surface area contributed by atoms with Crippen LogP contribution >= 0.6 is 12.2 Å². The number of rotatable bonds is 3. The summed E-state index contributed by atoms with van der Waals surface area (Å²) >= 11 is 5.15. The van der Waals surface area contributed by atoms with E-state index in [9.17, 15) is 13.6 Å². The maximum Gasteiger partial charge on any atom is 0.255 e. The lowest BCUT2D eigenvalue weighted by Crippen LogP contribution is -2.45. The van der Waals surface area contributed by atoms with Crippen molar-refractivity contribution in [3.63, 3.8) is 0 Å². The van der Waals surface area contributed by atoms with E-state index in [0.717, 1.165) is 0 Å². The molecule has 0 saturated carbocycles. The molecule has 1 aliphatic rings. The smallest absolute Gasteiger partial charge is 0.255 e. The fraction of sp³-hybridized carbons (Fsp3) is 0.111. The van der Waals surface area contributed by atoms with Crippen molar-refractivity contribution in [3.05, 3.63) is 77.0 Å². The summed E-state index contributed by atoms with van der Waals surface area (Å²) in [7, 11) is 0. The minimum Gasteiger partial charge on any atom is -0.351 e. The first-order valence-electron chi connectivity index (χ1n) is 7.54. The maximum absolute atomic E-state index is 13.6. The largest absolute Gasteiger partial charge is 0.351 e. The number of hydrogen-bond donors (Lipinski definition) is 3. The number of halogens is 2. The van der Waals surface area contributed by atoms with E-state index >= 15 is 0 Å². The van der Waals surface area contributed by atoms with Crippen molar-refractivity contribution in [3.8, 4) is 0 Å². The van der Waals surface area contributed by atoms with Crippen LogP contribution in [0.15, 0.2) is 59.8 Å². The molecule has 0 radical (unpaired) electrons. The lowest BCUT2D eigenvalue weighted by Gasteiger charge is -2.30. The lowest BCUT2D eigenvalue weighted by atomic mass is 9.95. The molecule has 0 spiro atoms. The topological polar surface area (TPSA) is 53.2 Å². The summed E-state index contributed by atoms with van der Waals surface area (Å²) in [6.07, 6.45) is 0. The Hall–Kier alpha value is -2.80. The highest BCUT2D eigenvalue weighted by atomic mass is 32.1.